The van der Waals surface area contributed by atoms with Crippen LogP contribution in [-0.4, -0.2) is 34.5 Å². The number of anilines is 2. The van der Waals surface area contributed by atoms with Crippen LogP contribution in [0.2, 0.25) is 0 Å². The number of nitrogens with one attached hydrogen (secondary N) is 1. The van der Waals surface area contributed by atoms with E-state index in [1.807, 2.05) is 36.5 Å². The largest absolute Gasteiger partial charge is 0.493 e. The van der Waals surface area contributed by atoms with Crippen LogP contribution in [0.15, 0.2) is 54.9 Å². The molecule has 7 nitrogen and oxygen atoms in total. The summed E-state index contributed by atoms with van der Waals surface area (Å²) in [5.41, 5.74) is 3.06. The van der Waals surface area contributed by atoms with Gasteiger partial charge in [-0.15, -0.1) is 0 Å². The molecule has 0 bridgehead atoms. The number of aromatic nitrogens is 2. The van der Waals surface area contributed by atoms with Gasteiger partial charge in [-0.2, -0.15) is 5.10 Å². The molecule has 1 aromatic heterocycles. The molecular weight excluding hydrogens is 382 g/mol. The standard InChI is InChI=1S/C23H25N3O4/c1-29-21-11-10-19(12-22(21)30-20-4-2-3-5-20)26(15-16-13-24-25-14-16)18-8-6-17(7-9-18)23(27)28/h6-14,20H,2-5,15H2,1H3,(H,24,25)(H,27,28). The minimum absolute atomic E-state index is 0.214. The maximum atomic E-state index is 11.2. The molecule has 2 N–H and O–H groups in total. The van der Waals surface area contributed by atoms with Gasteiger partial charge in [-0.25, -0.2) is 4.79 Å². The van der Waals surface area contributed by atoms with Crippen LogP contribution in [0.5, 0.6) is 11.5 Å². The lowest BCUT2D eigenvalue weighted by atomic mass is 10.1. The summed E-state index contributed by atoms with van der Waals surface area (Å²) in [7, 11) is 1.64. The smallest absolute Gasteiger partial charge is 0.335 e. The molecule has 2 aromatic carbocycles. The lowest BCUT2D eigenvalue weighted by molar-refractivity contribution is 0.0697. The van der Waals surface area contributed by atoms with Crippen LogP contribution in [0.4, 0.5) is 11.4 Å². The Bertz CT molecular complexity index is 980. The molecule has 1 aliphatic carbocycles. The van der Waals surface area contributed by atoms with Gasteiger partial charge in [0.05, 0.1) is 31.5 Å². The van der Waals surface area contributed by atoms with E-state index >= 15 is 0 Å². The van der Waals surface area contributed by atoms with Crippen LogP contribution < -0.4 is 14.4 Å². The highest BCUT2D eigenvalue weighted by atomic mass is 16.5. The second-order valence-corrected chi connectivity index (χ2v) is 7.40. The number of rotatable bonds is 8. The number of benzene rings is 2. The van der Waals surface area contributed by atoms with Crippen molar-refractivity contribution >= 4 is 17.3 Å². The summed E-state index contributed by atoms with van der Waals surface area (Å²) in [6.45, 7) is 0.568. The molecule has 1 aliphatic rings. The van der Waals surface area contributed by atoms with Crippen LogP contribution in [0.25, 0.3) is 0 Å². The summed E-state index contributed by atoms with van der Waals surface area (Å²) in [6.07, 6.45) is 8.33. The molecule has 0 spiro atoms. The third-order valence-corrected chi connectivity index (χ3v) is 5.38. The summed E-state index contributed by atoms with van der Waals surface area (Å²) in [5.74, 6) is 0.482. The Kier molecular flexibility index (Phi) is 5.88. The highest BCUT2D eigenvalue weighted by Crippen LogP contribution is 2.37. The molecule has 0 amide bonds. The van der Waals surface area contributed by atoms with E-state index in [9.17, 15) is 9.90 Å². The molecule has 30 heavy (non-hydrogen) atoms. The van der Waals surface area contributed by atoms with Gasteiger partial charge in [-0.3, -0.25) is 5.10 Å². The summed E-state index contributed by atoms with van der Waals surface area (Å²) in [5, 5.41) is 16.1. The first-order valence-electron chi connectivity index (χ1n) is 10.1. The molecule has 0 unspecified atom stereocenters. The highest BCUT2D eigenvalue weighted by molar-refractivity contribution is 5.88. The Morgan fingerprint density at radius 3 is 2.50 bits per heavy atom. The predicted octanol–water partition coefficient (Wildman–Crippen LogP) is 4.78. The van der Waals surface area contributed by atoms with E-state index in [4.69, 9.17) is 9.47 Å². The van der Waals surface area contributed by atoms with Crippen LogP contribution in [0.3, 0.4) is 0 Å². The normalized spacial score (nSPS) is 13.9. The van der Waals surface area contributed by atoms with Crippen LogP contribution in [0.1, 0.15) is 41.6 Å². The zero-order chi connectivity index (χ0) is 20.9. The van der Waals surface area contributed by atoms with Gasteiger partial charge in [0, 0.05) is 29.2 Å². The first-order valence-corrected chi connectivity index (χ1v) is 10.1. The van der Waals surface area contributed by atoms with Gasteiger partial charge in [-0.1, -0.05) is 0 Å². The number of H-pyrrole nitrogens is 1. The van der Waals surface area contributed by atoms with Crippen molar-refractivity contribution in [1.29, 1.82) is 0 Å². The molecule has 156 valence electrons. The van der Waals surface area contributed by atoms with Gasteiger partial charge in [0.2, 0.25) is 0 Å². The number of aromatic carboxylic acids is 1. The number of hydrogen-bond donors (Lipinski definition) is 2. The molecule has 0 saturated heterocycles. The third kappa shape index (κ3) is 4.40. The lowest BCUT2D eigenvalue weighted by Crippen LogP contribution is -2.17. The number of aromatic amines is 1. The van der Waals surface area contributed by atoms with Gasteiger partial charge >= 0.3 is 5.97 Å². The summed E-state index contributed by atoms with van der Waals surface area (Å²) in [6, 6.07) is 12.7. The monoisotopic (exact) mass is 407 g/mol. The number of ether oxygens (including phenoxy) is 2. The van der Waals surface area contributed by atoms with Crippen molar-refractivity contribution in [2.75, 3.05) is 12.0 Å². The molecule has 7 heteroatoms. The topological polar surface area (TPSA) is 87.7 Å². The molecule has 1 saturated carbocycles. The van der Waals surface area contributed by atoms with Crippen LogP contribution in [0, 0.1) is 0 Å². The third-order valence-electron chi connectivity index (χ3n) is 5.38. The van der Waals surface area contributed by atoms with E-state index in [2.05, 4.69) is 15.1 Å². The number of carbonyl (C=O) groups is 1. The zero-order valence-electron chi connectivity index (χ0n) is 16.9. The van der Waals surface area contributed by atoms with E-state index in [0.29, 0.717) is 12.3 Å². The minimum atomic E-state index is -0.945. The van der Waals surface area contributed by atoms with Crippen molar-refractivity contribution in [3.8, 4) is 11.5 Å². The van der Waals surface area contributed by atoms with Gasteiger partial charge in [0.15, 0.2) is 11.5 Å². The summed E-state index contributed by atoms with van der Waals surface area (Å²) < 4.78 is 11.8. The van der Waals surface area contributed by atoms with Crippen molar-refractivity contribution in [2.45, 2.75) is 38.3 Å². The first-order chi connectivity index (χ1) is 14.6. The minimum Gasteiger partial charge on any atom is -0.493 e. The molecule has 0 aliphatic heterocycles. The maximum absolute atomic E-state index is 11.2. The van der Waals surface area contributed by atoms with Crippen molar-refractivity contribution in [1.82, 2.24) is 10.2 Å². The zero-order valence-corrected chi connectivity index (χ0v) is 16.9. The quantitative estimate of drug-likeness (QED) is 0.559. The van der Waals surface area contributed by atoms with E-state index in [1.54, 1.807) is 25.4 Å². The Hall–Kier alpha value is -3.48. The maximum Gasteiger partial charge on any atom is 0.335 e. The van der Waals surface area contributed by atoms with Crippen molar-refractivity contribution in [3.05, 3.63) is 66.0 Å². The van der Waals surface area contributed by atoms with E-state index in [1.165, 1.54) is 12.8 Å². The second-order valence-electron chi connectivity index (χ2n) is 7.40. The van der Waals surface area contributed by atoms with Gasteiger partial charge in [0.25, 0.3) is 0 Å². The molecule has 0 radical (unpaired) electrons. The average molecular weight is 407 g/mol. The highest BCUT2D eigenvalue weighted by Gasteiger charge is 2.20. The fourth-order valence-corrected chi connectivity index (χ4v) is 3.77. The van der Waals surface area contributed by atoms with E-state index in [-0.39, 0.29) is 11.7 Å². The fraction of sp³-hybridized carbons (Fsp3) is 0.304. The Morgan fingerprint density at radius 1 is 1.13 bits per heavy atom. The number of nitrogens with zero attached hydrogens (tertiary/aromatic N) is 2. The molecule has 4 rings (SSSR count). The van der Waals surface area contributed by atoms with Gasteiger partial charge in [0.1, 0.15) is 0 Å². The molecular formula is C23H25N3O4. The lowest BCUT2D eigenvalue weighted by Gasteiger charge is -2.26. The Morgan fingerprint density at radius 2 is 1.87 bits per heavy atom. The van der Waals surface area contributed by atoms with Gasteiger partial charge < -0.3 is 19.5 Å². The predicted molar refractivity (Wildman–Crippen MR) is 114 cm³/mol. The molecule has 1 fully saturated rings. The van der Waals surface area contributed by atoms with Crippen LogP contribution in [-0.2, 0) is 6.54 Å². The first kappa shape index (κ1) is 19.8. The molecule has 0 atom stereocenters. The molecule has 1 heterocycles. The number of carboxylic acid groups (broad SMARTS) is 1. The fourth-order valence-electron chi connectivity index (χ4n) is 3.77. The van der Waals surface area contributed by atoms with Crippen molar-refractivity contribution in [3.63, 3.8) is 0 Å². The summed E-state index contributed by atoms with van der Waals surface area (Å²) >= 11 is 0. The number of carboxylic acids is 1. The Labute approximate surface area is 175 Å². The van der Waals surface area contributed by atoms with E-state index < -0.39 is 5.97 Å². The van der Waals surface area contributed by atoms with Crippen LogP contribution >= 0.6 is 0 Å². The molecule has 3 aromatic rings. The average Bonchev–Trinajstić information content (AvgIpc) is 3.46. The number of hydrogen-bond acceptors (Lipinski definition) is 5. The van der Waals surface area contributed by atoms with Gasteiger partial charge in [-0.05, 0) is 62.1 Å². The summed E-state index contributed by atoms with van der Waals surface area (Å²) in [4.78, 5) is 13.3. The van der Waals surface area contributed by atoms with Crippen molar-refractivity contribution in [2.24, 2.45) is 0 Å². The second kappa shape index (κ2) is 8.90. The van der Waals surface area contributed by atoms with Crippen molar-refractivity contribution < 1.29 is 19.4 Å². The Balaban J connectivity index is 1.69. The number of methoxy groups -OCH3 is 1. The van der Waals surface area contributed by atoms with E-state index in [0.717, 1.165) is 35.5 Å². The SMILES string of the molecule is COc1ccc(N(Cc2cn[nH]c2)c2ccc(C(=O)O)cc2)cc1OC1CCCC1.